The number of amides is 1. The largest absolute Gasteiger partial charge is 0.384 e. The van der Waals surface area contributed by atoms with Crippen molar-refractivity contribution >= 4 is 23.4 Å². The van der Waals surface area contributed by atoms with Crippen molar-refractivity contribution in [1.82, 2.24) is 0 Å². The third-order valence-electron chi connectivity index (χ3n) is 1.73. The van der Waals surface area contributed by atoms with E-state index in [1.54, 1.807) is 18.9 Å². The highest BCUT2D eigenvalue weighted by molar-refractivity contribution is 7.99. The lowest BCUT2D eigenvalue weighted by Crippen LogP contribution is -2.05. The Morgan fingerprint density at radius 3 is 2.60 bits per heavy atom. The third-order valence-corrected chi connectivity index (χ3v) is 2.71. The monoisotopic (exact) mass is 225 g/mol. The van der Waals surface area contributed by atoms with Crippen LogP contribution in [-0.2, 0) is 9.53 Å². The van der Waals surface area contributed by atoms with E-state index < -0.39 is 0 Å². The van der Waals surface area contributed by atoms with E-state index >= 15 is 0 Å². The first-order valence-corrected chi connectivity index (χ1v) is 5.70. The number of carbonyl (C=O) groups excluding carboxylic acids is 1. The van der Waals surface area contributed by atoms with Crippen molar-refractivity contribution in [3.8, 4) is 0 Å². The maximum absolute atomic E-state index is 10.8. The molecule has 82 valence electrons. The lowest BCUT2D eigenvalue weighted by molar-refractivity contribution is -0.114. The van der Waals surface area contributed by atoms with Crippen LogP contribution in [-0.4, -0.2) is 25.4 Å². The molecule has 1 aromatic carbocycles. The number of benzene rings is 1. The first-order valence-electron chi connectivity index (χ1n) is 4.72. The molecular weight excluding hydrogens is 210 g/mol. The van der Waals surface area contributed by atoms with Gasteiger partial charge in [-0.3, -0.25) is 4.79 Å². The van der Waals surface area contributed by atoms with Crippen LogP contribution in [0.3, 0.4) is 0 Å². The van der Waals surface area contributed by atoms with E-state index in [1.165, 1.54) is 11.8 Å². The Morgan fingerprint density at radius 2 is 2.07 bits per heavy atom. The highest BCUT2D eigenvalue weighted by Gasteiger charge is 1.96. The number of carbonyl (C=O) groups is 1. The molecule has 1 aromatic rings. The van der Waals surface area contributed by atoms with Gasteiger partial charge in [0.25, 0.3) is 0 Å². The predicted molar refractivity (Wildman–Crippen MR) is 63.3 cm³/mol. The lowest BCUT2D eigenvalue weighted by Gasteiger charge is -2.04. The molecule has 15 heavy (non-hydrogen) atoms. The van der Waals surface area contributed by atoms with E-state index in [1.807, 2.05) is 24.3 Å². The van der Waals surface area contributed by atoms with Crippen LogP contribution in [0.2, 0.25) is 0 Å². The molecule has 0 aliphatic heterocycles. The summed E-state index contributed by atoms with van der Waals surface area (Å²) in [5.41, 5.74) is 0.832. The van der Waals surface area contributed by atoms with Crippen LogP contribution in [0.15, 0.2) is 29.2 Å². The van der Waals surface area contributed by atoms with Gasteiger partial charge in [-0.05, 0) is 24.3 Å². The van der Waals surface area contributed by atoms with Crippen molar-refractivity contribution in [2.45, 2.75) is 11.8 Å². The second-order valence-corrected chi connectivity index (χ2v) is 4.22. The SMILES string of the molecule is COCCSc1ccc(NC(C)=O)cc1. The van der Waals surface area contributed by atoms with Gasteiger partial charge in [0.15, 0.2) is 0 Å². The van der Waals surface area contributed by atoms with E-state index in [4.69, 9.17) is 4.74 Å². The van der Waals surface area contributed by atoms with Crippen LogP contribution in [0.1, 0.15) is 6.92 Å². The molecule has 0 saturated heterocycles. The topological polar surface area (TPSA) is 38.3 Å². The molecule has 0 spiro atoms. The van der Waals surface area contributed by atoms with E-state index in [-0.39, 0.29) is 5.91 Å². The molecule has 0 unspecified atom stereocenters. The average Bonchev–Trinajstić information content (AvgIpc) is 2.20. The smallest absolute Gasteiger partial charge is 0.221 e. The molecule has 1 N–H and O–H groups in total. The van der Waals surface area contributed by atoms with Crippen LogP contribution < -0.4 is 5.32 Å². The Balaban J connectivity index is 2.45. The minimum absolute atomic E-state index is 0.0465. The summed E-state index contributed by atoms with van der Waals surface area (Å²) in [7, 11) is 1.69. The van der Waals surface area contributed by atoms with Crippen molar-refractivity contribution < 1.29 is 9.53 Å². The summed E-state index contributed by atoms with van der Waals surface area (Å²) in [6.45, 7) is 2.25. The molecule has 0 radical (unpaired) electrons. The number of anilines is 1. The standard InChI is InChI=1S/C11H15NO2S/c1-9(13)12-10-3-5-11(6-4-10)15-8-7-14-2/h3-6H,7-8H2,1-2H3,(H,12,13). The second kappa shape index (κ2) is 6.48. The van der Waals surface area contributed by atoms with E-state index in [2.05, 4.69) is 5.32 Å². The second-order valence-electron chi connectivity index (χ2n) is 3.05. The van der Waals surface area contributed by atoms with E-state index in [9.17, 15) is 4.79 Å². The number of nitrogens with one attached hydrogen (secondary N) is 1. The molecule has 0 aromatic heterocycles. The number of hydrogen-bond donors (Lipinski definition) is 1. The summed E-state index contributed by atoms with van der Waals surface area (Å²) in [5, 5.41) is 2.73. The molecule has 1 rings (SSSR count). The zero-order valence-corrected chi connectivity index (χ0v) is 9.76. The molecule has 4 heteroatoms. The number of thioether (sulfide) groups is 1. The highest BCUT2D eigenvalue weighted by Crippen LogP contribution is 2.19. The molecule has 0 fully saturated rings. The van der Waals surface area contributed by atoms with Gasteiger partial charge in [0.1, 0.15) is 0 Å². The van der Waals surface area contributed by atoms with Crippen LogP contribution in [0.5, 0.6) is 0 Å². The van der Waals surface area contributed by atoms with E-state index in [0.29, 0.717) is 0 Å². The van der Waals surface area contributed by atoms with Gasteiger partial charge in [-0.2, -0.15) is 0 Å². The van der Waals surface area contributed by atoms with Crippen molar-refractivity contribution in [3.63, 3.8) is 0 Å². The van der Waals surface area contributed by atoms with Crippen molar-refractivity contribution in [2.24, 2.45) is 0 Å². The number of rotatable bonds is 5. The molecule has 1 amide bonds. The molecule has 3 nitrogen and oxygen atoms in total. The molecular formula is C11H15NO2S. The number of methoxy groups -OCH3 is 1. The maximum Gasteiger partial charge on any atom is 0.221 e. The van der Waals surface area contributed by atoms with Crippen molar-refractivity contribution in [1.29, 1.82) is 0 Å². The summed E-state index contributed by atoms with van der Waals surface area (Å²) < 4.78 is 4.96. The first kappa shape index (κ1) is 12.1. The molecule has 0 atom stereocenters. The summed E-state index contributed by atoms with van der Waals surface area (Å²) in [5.74, 6) is 0.894. The zero-order chi connectivity index (χ0) is 11.1. The Bertz CT molecular complexity index is 311. The third kappa shape index (κ3) is 4.85. The minimum atomic E-state index is -0.0465. The Kier molecular flexibility index (Phi) is 5.21. The first-order chi connectivity index (χ1) is 7.22. The molecule has 0 aliphatic carbocycles. The Labute approximate surface area is 94.2 Å². The predicted octanol–water partition coefficient (Wildman–Crippen LogP) is 2.38. The molecule has 0 heterocycles. The maximum atomic E-state index is 10.8. The van der Waals surface area contributed by atoms with Gasteiger partial charge in [-0.1, -0.05) is 0 Å². The lowest BCUT2D eigenvalue weighted by atomic mass is 10.3. The molecule has 0 aliphatic rings. The molecule has 0 bridgehead atoms. The normalized spacial score (nSPS) is 10.0. The summed E-state index contributed by atoms with van der Waals surface area (Å²) in [6, 6.07) is 7.78. The summed E-state index contributed by atoms with van der Waals surface area (Å²) in [4.78, 5) is 12.0. The van der Waals surface area contributed by atoms with Gasteiger partial charge in [0, 0.05) is 30.4 Å². The van der Waals surface area contributed by atoms with Crippen LogP contribution >= 0.6 is 11.8 Å². The van der Waals surface area contributed by atoms with Gasteiger partial charge in [0.05, 0.1) is 6.61 Å². The zero-order valence-electron chi connectivity index (χ0n) is 8.95. The van der Waals surface area contributed by atoms with Gasteiger partial charge in [-0.15, -0.1) is 11.8 Å². The van der Waals surface area contributed by atoms with Gasteiger partial charge >= 0.3 is 0 Å². The minimum Gasteiger partial charge on any atom is -0.384 e. The van der Waals surface area contributed by atoms with Crippen molar-refractivity contribution in [3.05, 3.63) is 24.3 Å². The summed E-state index contributed by atoms with van der Waals surface area (Å²) in [6.07, 6.45) is 0. The van der Waals surface area contributed by atoms with Crippen LogP contribution in [0, 0.1) is 0 Å². The number of ether oxygens (including phenoxy) is 1. The van der Waals surface area contributed by atoms with Gasteiger partial charge in [-0.25, -0.2) is 0 Å². The Hall–Kier alpha value is -1.00. The molecule has 0 saturated carbocycles. The quantitative estimate of drug-likeness (QED) is 0.617. The fraction of sp³-hybridized carbons (Fsp3) is 0.364. The fourth-order valence-corrected chi connectivity index (χ4v) is 1.89. The van der Waals surface area contributed by atoms with Gasteiger partial charge in [0.2, 0.25) is 5.91 Å². The van der Waals surface area contributed by atoms with E-state index in [0.717, 1.165) is 18.0 Å². The number of hydrogen-bond acceptors (Lipinski definition) is 3. The van der Waals surface area contributed by atoms with Gasteiger partial charge < -0.3 is 10.1 Å². The fourth-order valence-electron chi connectivity index (χ4n) is 1.08. The van der Waals surface area contributed by atoms with Crippen LogP contribution in [0.25, 0.3) is 0 Å². The summed E-state index contributed by atoms with van der Waals surface area (Å²) >= 11 is 1.73. The Morgan fingerprint density at radius 1 is 1.40 bits per heavy atom. The van der Waals surface area contributed by atoms with Crippen molar-refractivity contribution in [2.75, 3.05) is 24.8 Å². The van der Waals surface area contributed by atoms with Crippen LogP contribution in [0.4, 0.5) is 5.69 Å². The average molecular weight is 225 g/mol. The highest BCUT2D eigenvalue weighted by atomic mass is 32.2.